The van der Waals surface area contributed by atoms with Gasteiger partial charge >= 0.3 is 12.0 Å². The number of urea groups is 1. The Bertz CT molecular complexity index is 1260. The third-order valence-corrected chi connectivity index (χ3v) is 7.09. The molecule has 0 aromatic heterocycles. The van der Waals surface area contributed by atoms with E-state index in [1.165, 1.54) is 38.3 Å². The first-order valence-electron chi connectivity index (χ1n) is 11.8. The Morgan fingerprint density at radius 1 is 1.11 bits per heavy atom. The Morgan fingerprint density at radius 3 is 2.38 bits per heavy atom. The molecule has 194 valence electrons. The van der Waals surface area contributed by atoms with Crippen molar-refractivity contribution in [3.8, 4) is 5.75 Å². The number of ether oxygens (including phenoxy) is 1. The zero-order chi connectivity index (χ0) is 26.9. The lowest BCUT2D eigenvalue weighted by molar-refractivity contribution is -0.149. The number of methoxy groups -OCH3 is 1. The number of fused-ring (bicyclic) bond motifs is 1. The molecule has 0 aliphatic carbocycles. The van der Waals surface area contributed by atoms with Gasteiger partial charge in [0.2, 0.25) is 11.8 Å². The number of carbonyl (C=O) groups excluding carboxylic acids is 4. The summed E-state index contributed by atoms with van der Waals surface area (Å²) >= 11 is 0. The van der Waals surface area contributed by atoms with Crippen molar-refractivity contribution >= 4 is 35.3 Å². The standard InChI is InChI=1S/C26H28N4O7/c1-14(31)15-8-10-16(11-9-15)30-22(32)19-20(23(30)33)26(24(34)35,12-5-13-28-25(27)36)29-21(19)17-6-3-4-7-18(17)37-2/h3-4,6-11,19-21,29H,5,12-13H2,1-2H3,(H,34,35)(H3,27,28,36). The van der Waals surface area contributed by atoms with E-state index in [0.29, 0.717) is 16.9 Å². The smallest absolute Gasteiger partial charge is 0.324 e. The first kappa shape index (κ1) is 25.8. The van der Waals surface area contributed by atoms with Crippen LogP contribution in [0.5, 0.6) is 5.75 Å². The summed E-state index contributed by atoms with van der Waals surface area (Å²) in [4.78, 5) is 64.2. The van der Waals surface area contributed by atoms with E-state index in [0.717, 1.165) is 4.90 Å². The highest BCUT2D eigenvalue weighted by molar-refractivity contribution is 6.24. The second kappa shape index (κ2) is 10.0. The summed E-state index contributed by atoms with van der Waals surface area (Å²) in [5.74, 6) is -4.47. The molecule has 4 atom stereocenters. The maximum absolute atomic E-state index is 13.8. The third-order valence-electron chi connectivity index (χ3n) is 7.09. The Balaban J connectivity index is 1.79. The number of hydrogen-bond acceptors (Lipinski definition) is 7. The summed E-state index contributed by atoms with van der Waals surface area (Å²) in [6, 6.07) is 11.4. The molecular weight excluding hydrogens is 480 g/mol. The fourth-order valence-electron chi connectivity index (χ4n) is 5.40. The van der Waals surface area contributed by atoms with E-state index in [9.17, 15) is 29.1 Å². The molecule has 11 nitrogen and oxygen atoms in total. The lowest BCUT2D eigenvalue weighted by atomic mass is 9.77. The topological polar surface area (TPSA) is 168 Å². The third kappa shape index (κ3) is 4.42. The van der Waals surface area contributed by atoms with Crippen LogP contribution in [0.15, 0.2) is 48.5 Å². The van der Waals surface area contributed by atoms with Crippen molar-refractivity contribution in [2.45, 2.75) is 31.3 Å². The van der Waals surface area contributed by atoms with Crippen LogP contribution in [-0.2, 0) is 14.4 Å². The number of nitrogens with zero attached hydrogens (tertiary/aromatic N) is 1. The highest BCUT2D eigenvalue weighted by Crippen LogP contribution is 2.52. The molecule has 0 radical (unpaired) electrons. The Labute approximate surface area is 213 Å². The lowest BCUT2D eigenvalue weighted by Gasteiger charge is -2.31. The summed E-state index contributed by atoms with van der Waals surface area (Å²) in [5, 5.41) is 16.0. The van der Waals surface area contributed by atoms with E-state index < -0.39 is 47.2 Å². The second-order valence-electron chi connectivity index (χ2n) is 9.15. The van der Waals surface area contributed by atoms with Crippen LogP contribution < -0.4 is 26.0 Å². The molecular formula is C26H28N4O7. The van der Waals surface area contributed by atoms with Crippen molar-refractivity contribution in [2.75, 3.05) is 18.6 Å². The molecule has 37 heavy (non-hydrogen) atoms. The molecule has 0 bridgehead atoms. The van der Waals surface area contributed by atoms with Crippen LogP contribution in [0.2, 0.25) is 0 Å². The number of amides is 4. The van der Waals surface area contributed by atoms with Gasteiger partial charge in [-0.2, -0.15) is 0 Å². The van der Waals surface area contributed by atoms with Crippen LogP contribution in [0, 0.1) is 11.8 Å². The van der Waals surface area contributed by atoms with Crippen LogP contribution in [0.3, 0.4) is 0 Å². The van der Waals surface area contributed by atoms with E-state index in [1.54, 1.807) is 24.3 Å². The van der Waals surface area contributed by atoms with Crippen molar-refractivity contribution in [2.24, 2.45) is 17.6 Å². The average Bonchev–Trinajstić information content (AvgIpc) is 3.35. The molecule has 4 unspecified atom stereocenters. The summed E-state index contributed by atoms with van der Waals surface area (Å²) < 4.78 is 5.48. The predicted octanol–water partition coefficient (Wildman–Crippen LogP) is 1.62. The highest BCUT2D eigenvalue weighted by atomic mass is 16.5. The number of ketones is 1. The van der Waals surface area contributed by atoms with Gasteiger partial charge in [-0.15, -0.1) is 0 Å². The van der Waals surface area contributed by atoms with E-state index in [2.05, 4.69) is 10.6 Å². The Morgan fingerprint density at radius 2 is 1.78 bits per heavy atom. The summed E-state index contributed by atoms with van der Waals surface area (Å²) in [7, 11) is 1.47. The van der Waals surface area contributed by atoms with Gasteiger partial charge in [-0.3, -0.25) is 24.5 Å². The van der Waals surface area contributed by atoms with Crippen molar-refractivity contribution in [1.29, 1.82) is 0 Å². The van der Waals surface area contributed by atoms with Crippen molar-refractivity contribution in [3.05, 3.63) is 59.7 Å². The minimum absolute atomic E-state index is 0.0500. The number of nitrogens with one attached hydrogen (secondary N) is 2. The molecule has 11 heteroatoms. The maximum Gasteiger partial charge on any atom is 0.324 e. The van der Waals surface area contributed by atoms with Gasteiger partial charge in [0.1, 0.15) is 11.3 Å². The maximum atomic E-state index is 13.8. The molecule has 2 aromatic rings. The summed E-state index contributed by atoms with van der Waals surface area (Å²) in [6.45, 7) is 1.50. The normalized spacial score (nSPS) is 24.6. The largest absolute Gasteiger partial charge is 0.496 e. The van der Waals surface area contributed by atoms with Crippen molar-refractivity contribution in [1.82, 2.24) is 10.6 Å². The number of aliphatic carboxylic acids is 1. The van der Waals surface area contributed by atoms with E-state index >= 15 is 0 Å². The molecule has 0 saturated carbocycles. The first-order chi connectivity index (χ1) is 17.6. The number of carboxylic acid groups (broad SMARTS) is 1. The number of carbonyl (C=O) groups is 5. The Kier molecular flexibility index (Phi) is 6.99. The average molecular weight is 509 g/mol. The minimum Gasteiger partial charge on any atom is -0.496 e. The minimum atomic E-state index is -1.80. The summed E-state index contributed by atoms with van der Waals surface area (Å²) in [5.41, 5.74) is 4.55. The van der Waals surface area contributed by atoms with E-state index in [-0.39, 0.29) is 30.9 Å². The predicted molar refractivity (Wildman–Crippen MR) is 132 cm³/mol. The van der Waals surface area contributed by atoms with Crippen molar-refractivity contribution in [3.63, 3.8) is 0 Å². The number of anilines is 1. The fourth-order valence-corrected chi connectivity index (χ4v) is 5.40. The zero-order valence-corrected chi connectivity index (χ0v) is 20.4. The molecule has 2 aliphatic heterocycles. The van der Waals surface area contributed by atoms with Gasteiger partial charge in [0.25, 0.3) is 0 Å². The van der Waals surface area contributed by atoms with Crippen LogP contribution in [-0.4, -0.2) is 53.9 Å². The lowest BCUT2D eigenvalue weighted by Crippen LogP contribution is -2.56. The number of hydrogen-bond donors (Lipinski definition) is 4. The van der Waals surface area contributed by atoms with Crippen molar-refractivity contribution < 1.29 is 33.8 Å². The van der Waals surface area contributed by atoms with Gasteiger partial charge in [0, 0.05) is 23.7 Å². The molecule has 4 rings (SSSR count). The van der Waals surface area contributed by atoms with Gasteiger partial charge < -0.3 is 20.9 Å². The van der Waals surface area contributed by atoms with Gasteiger partial charge in [-0.1, -0.05) is 18.2 Å². The zero-order valence-electron chi connectivity index (χ0n) is 20.4. The monoisotopic (exact) mass is 508 g/mol. The molecule has 4 amide bonds. The van der Waals surface area contributed by atoms with Crippen LogP contribution in [0.4, 0.5) is 10.5 Å². The van der Waals surface area contributed by atoms with Crippen LogP contribution in [0.25, 0.3) is 0 Å². The molecule has 0 spiro atoms. The number of primary amides is 1. The number of nitrogens with two attached hydrogens (primary N) is 1. The number of benzene rings is 2. The molecule has 2 aliphatic rings. The van der Waals surface area contributed by atoms with Crippen LogP contribution in [0.1, 0.15) is 41.7 Å². The van der Waals surface area contributed by atoms with E-state index in [1.807, 2.05) is 0 Å². The molecule has 2 saturated heterocycles. The van der Waals surface area contributed by atoms with Gasteiger partial charge in [0.15, 0.2) is 5.78 Å². The van der Waals surface area contributed by atoms with Crippen LogP contribution >= 0.6 is 0 Å². The molecule has 2 heterocycles. The molecule has 2 fully saturated rings. The Hall–Kier alpha value is -4.25. The van der Waals surface area contributed by atoms with Gasteiger partial charge in [0.05, 0.1) is 24.6 Å². The quantitative estimate of drug-likeness (QED) is 0.225. The first-order valence-corrected chi connectivity index (χ1v) is 11.8. The number of para-hydroxylation sites is 1. The summed E-state index contributed by atoms with van der Waals surface area (Å²) in [6.07, 6.45) is 0.143. The SMILES string of the molecule is COc1ccccc1C1NC(CCCNC(N)=O)(C(=O)O)C2C(=O)N(c3ccc(C(C)=O)cc3)C(=O)C12. The second-order valence-corrected chi connectivity index (χ2v) is 9.15. The number of rotatable bonds is 9. The van der Waals surface area contributed by atoms with Gasteiger partial charge in [-0.25, -0.2) is 9.69 Å². The molecule has 5 N–H and O–H groups in total. The van der Waals surface area contributed by atoms with E-state index in [4.69, 9.17) is 10.5 Å². The highest BCUT2D eigenvalue weighted by Gasteiger charge is 2.68. The number of carboxylic acids is 1. The fraction of sp³-hybridized carbons (Fsp3) is 0.346. The number of Topliss-reactive ketones (excluding diaryl/α,β-unsaturated/α-hetero) is 1. The van der Waals surface area contributed by atoms with Gasteiger partial charge in [-0.05, 0) is 50.1 Å². The molecule has 2 aromatic carbocycles. The number of imide groups is 1.